The van der Waals surface area contributed by atoms with Gasteiger partial charge in [0, 0.05) is 6.04 Å². The van der Waals surface area contributed by atoms with Crippen LogP contribution < -0.4 is 10.6 Å². The van der Waals surface area contributed by atoms with Gasteiger partial charge in [0.25, 0.3) is 0 Å². The van der Waals surface area contributed by atoms with Gasteiger partial charge in [-0.1, -0.05) is 26.2 Å². The van der Waals surface area contributed by atoms with Gasteiger partial charge in [-0.15, -0.1) is 12.4 Å². The molecule has 24 heavy (non-hydrogen) atoms. The van der Waals surface area contributed by atoms with Crippen molar-refractivity contribution in [3.05, 3.63) is 0 Å². The highest BCUT2D eigenvalue weighted by molar-refractivity contribution is 5.95. The zero-order valence-electron chi connectivity index (χ0n) is 14.1. The summed E-state index contributed by atoms with van der Waals surface area (Å²) in [5.74, 6) is -0.930. The van der Waals surface area contributed by atoms with Gasteiger partial charge in [-0.25, -0.2) is 4.79 Å². The number of nitrogens with zero attached hydrogens (tertiary/aromatic N) is 1. The lowest BCUT2D eigenvalue weighted by Gasteiger charge is -2.32. The van der Waals surface area contributed by atoms with Crippen LogP contribution in [-0.4, -0.2) is 53.1 Å². The Bertz CT molecular complexity index is 461. The van der Waals surface area contributed by atoms with Gasteiger partial charge in [-0.3, -0.25) is 19.8 Å². The van der Waals surface area contributed by atoms with Gasteiger partial charge in [-0.05, 0) is 38.1 Å². The van der Waals surface area contributed by atoms with Gasteiger partial charge >= 0.3 is 12.0 Å². The number of carboxylic acids is 1. The number of hydrogen-bond donors (Lipinski definition) is 3. The lowest BCUT2D eigenvalue weighted by atomic mass is 9.86. The number of nitrogens with one attached hydrogen (secondary N) is 2. The first kappa shape index (κ1) is 20.7. The monoisotopic (exact) mass is 361 g/mol. The minimum absolute atomic E-state index is 0. The number of hydrogen-bond acceptors (Lipinski definition) is 4. The Morgan fingerprint density at radius 3 is 2.42 bits per heavy atom. The van der Waals surface area contributed by atoms with Crippen molar-refractivity contribution < 1.29 is 19.5 Å². The highest BCUT2D eigenvalue weighted by atomic mass is 35.5. The van der Waals surface area contributed by atoms with Crippen molar-refractivity contribution in [2.45, 2.75) is 64.0 Å². The zero-order valence-corrected chi connectivity index (χ0v) is 14.9. The minimum Gasteiger partial charge on any atom is -0.480 e. The standard InChI is InChI=1S/C16H27N3O4.ClH/c1-11-6-2-3-7-12(11)17-16(23)18-14(20)10-19-9-5-4-8-13(19)15(21)22;/h11-13H,2-10H2,1H3,(H,21,22)(H2,17,18,20,23);1H. The summed E-state index contributed by atoms with van der Waals surface area (Å²) in [5.41, 5.74) is 0. The van der Waals surface area contributed by atoms with E-state index in [1.165, 1.54) is 6.42 Å². The van der Waals surface area contributed by atoms with Gasteiger partial charge in [0.1, 0.15) is 6.04 Å². The first-order chi connectivity index (χ1) is 11.0. The van der Waals surface area contributed by atoms with Crippen molar-refractivity contribution in [3.63, 3.8) is 0 Å². The summed E-state index contributed by atoms with van der Waals surface area (Å²) in [5, 5.41) is 14.4. The molecule has 1 heterocycles. The van der Waals surface area contributed by atoms with Crippen molar-refractivity contribution in [2.75, 3.05) is 13.1 Å². The van der Waals surface area contributed by atoms with Gasteiger partial charge in [0.15, 0.2) is 0 Å². The number of halogens is 1. The fraction of sp³-hybridized carbons (Fsp3) is 0.812. The van der Waals surface area contributed by atoms with Crippen LogP contribution >= 0.6 is 12.4 Å². The molecule has 0 spiro atoms. The Labute approximate surface area is 148 Å². The third-order valence-electron chi connectivity index (χ3n) is 4.93. The molecule has 0 aromatic carbocycles. The van der Waals surface area contributed by atoms with Crippen molar-refractivity contribution in [3.8, 4) is 0 Å². The van der Waals surface area contributed by atoms with E-state index in [0.29, 0.717) is 18.9 Å². The number of carbonyl (C=O) groups is 3. The Hall–Kier alpha value is -1.34. The second-order valence-electron chi connectivity index (χ2n) is 6.71. The van der Waals surface area contributed by atoms with E-state index in [0.717, 1.165) is 32.1 Å². The van der Waals surface area contributed by atoms with Gasteiger partial charge in [0.2, 0.25) is 5.91 Å². The molecule has 1 aliphatic carbocycles. The zero-order chi connectivity index (χ0) is 16.8. The van der Waals surface area contributed by atoms with Crippen LogP contribution in [0.2, 0.25) is 0 Å². The molecule has 3 unspecified atom stereocenters. The number of rotatable bonds is 4. The molecular formula is C16H28ClN3O4. The molecule has 0 aromatic rings. The van der Waals surface area contributed by atoms with Crippen LogP contribution in [0, 0.1) is 5.92 Å². The molecule has 7 nitrogen and oxygen atoms in total. The normalized spacial score (nSPS) is 27.6. The molecule has 3 N–H and O–H groups in total. The van der Waals surface area contributed by atoms with Crippen LogP contribution in [0.25, 0.3) is 0 Å². The van der Waals surface area contributed by atoms with E-state index in [2.05, 4.69) is 17.6 Å². The van der Waals surface area contributed by atoms with Gasteiger partial charge < -0.3 is 10.4 Å². The fourth-order valence-corrected chi connectivity index (χ4v) is 3.55. The number of amides is 3. The highest BCUT2D eigenvalue weighted by Crippen LogP contribution is 2.23. The number of urea groups is 1. The first-order valence-corrected chi connectivity index (χ1v) is 8.54. The Morgan fingerprint density at radius 2 is 1.75 bits per heavy atom. The maximum atomic E-state index is 12.0. The molecule has 0 radical (unpaired) electrons. The smallest absolute Gasteiger partial charge is 0.321 e. The van der Waals surface area contributed by atoms with E-state index in [9.17, 15) is 19.5 Å². The molecule has 138 valence electrons. The molecule has 1 aliphatic heterocycles. The summed E-state index contributed by atoms with van der Waals surface area (Å²) in [6, 6.07) is -0.994. The number of carboxylic acid groups (broad SMARTS) is 1. The Balaban J connectivity index is 0.00000288. The topological polar surface area (TPSA) is 98.7 Å². The van der Waals surface area contributed by atoms with Crippen LogP contribution in [0.3, 0.4) is 0 Å². The highest BCUT2D eigenvalue weighted by Gasteiger charge is 2.30. The van der Waals surface area contributed by atoms with Crippen LogP contribution in [0.4, 0.5) is 4.79 Å². The summed E-state index contributed by atoms with van der Waals surface area (Å²) in [6.45, 7) is 2.63. The quantitative estimate of drug-likeness (QED) is 0.708. The van der Waals surface area contributed by atoms with Gasteiger partial charge in [0.05, 0.1) is 6.54 Å². The predicted molar refractivity (Wildman–Crippen MR) is 92.2 cm³/mol. The first-order valence-electron chi connectivity index (χ1n) is 8.54. The maximum Gasteiger partial charge on any atom is 0.321 e. The number of aliphatic carboxylic acids is 1. The molecule has 1 saturated heterocycles. The third kappa shape index (κ3) is 5.94. The fourth-order valence-electron chi connectivity index (χ4n) is 3.55. The summed E-state index contributed by atoms with van der Waals surface area (Å²) >= 11 is 0. The van der Waals surface area contributed by atoms with E-state index in [1.54, 1.807) is 4.90 Å². The molecule has 0 aromatic heterocycles. The molecule has 1 saturated carbocycles. The van der Waals surface area contributed by atoms with E-state index in [-0.39, 0.29) is 25.0 Å². The van der Waals surface area contributed by atoms with Crippen molar-refractivity contribution in [1.82, 2.24) is 15.5 Å². The molecule has 2 rings (SSSR count). The van der Waals surface area contributed by atoms with E-state index < -0.39 is 23.9 Å². The third-order valence-corrected chi connectivity index (χ3v) is 4.93. The average Bonchev–Trinajstić information content (AvgIpc) is 2.49. The van der Waals surface area contributed by atoms with E-state index in [4.69, 9.17) is 0 Å². The predicted octanol–water partition coefficient (Wildman–Crippen LogP) is 1.75. The SMILES string of the molecule is CC1CCCCC1NC(=O)NC(=O)CN1CCCCC1C(=O)O.Cl. The lowest BCUT2D eigenvalue weighted by Crippen LogP contribution is -2.52. The van der Waals surface area contributed by atoms with Crippen LogP contribution in [0.5, 0.6) is 0 Å². The number of carbonyl (C=O) groups excluding carboxylic acids is 2. The van der Waals surface area contributed by atoms with Crippen LogP contribution in [0.1, 0.15) is 51.9 Å². The molecule has 2 aliphatic rings. The molecular weight excluding hydrogens is 334 g/mol. The maximum absolute atomic E-state index is 12.0. The summed E-state index contributed by atoms with van der Waals surface area (Å²) in [6.07, 6.45) is 6.60. The molecule has 2 fully saturated rings. The van der Waals surface area contributed by atoms with Crippen LogP contribution in [0.15, 0.2) is 0 Å². The molecule has 3 atom stereocenters. The average molecular weight is 362 g/mol. The summed E-state index contributed by atoms with van der Waals surface area (Å²) in [4.78, 5) is 36.8. The molecule has 3 amide bonds. The van der Waals surface area contributed by atoms with Crippen LogP contribution in [-0.2, 0) is 9.59 Å². The summed E-state index contributed by atoms with van der Waals surface area (Å²) < 4.78 is 0. The van der Waals surface area contributed by atoms with E-state index >= 15 is 0 Å². The lowest BCUT2D eigenvalue weighted by molar-refractivity contribution is -0.145. The summed E-state index contributed by atoms with van der Waals surface area (Å²) in [7, 11) is 0. The molecule has 8 heteroatoms. The van der Waals surface area contributed by atoms with E-state index in [1.807, 2.05) is 0 Å². The second-order valence-corrected chi connectivity index (χ2v) is 6.71. The van der Waals surface area contributed by atoms with Crippen molar-refractivity contribution >= 4 is 30.3 Å². The number of imide groups is 1. The van der Waals surface area contributed by atoms with Gasteiger partial charge in [-0.2, -0.15) is 0 Å². The van der Waals surface area contributed by atoms with Crippen molar-refractivity contribution in [1.29, 1.82) is 0 Å². The molecule has 0 bridgehead atoms. The Morgan fingerprint density at radius 1 is 1.08 bits per heavy atom. The number of likely N-dealkylation sites (tertiary alicyclic amines) is 1. The second kappa shape index (κ2) is 9.84. The largest absolute Gasteiger partial charge is 0.480 e. The minimum atomic E-state index is -0.905. The number of piperidine rings is 1. The van der Waals surface area contributed by atoms with Crippen molar-refractivity contribution in [2.24, 2.45) is 5.92 Å². The Kier molecular flexibility index (Phi) is 8.48.